The fraction of sp³-hybridized carbons (Fsp3) is 0.222. The molecule has 1 aromatic carbocycles. The monoisotopic (exact) mass is 206 g/mol. The number of benzene rings is 1. The van der Waals surface area contributed by atoms with Crippen LogP contribution in [0.3, 0.4) is 0 Å². The third kappa shape index (κ3) is 1.79. The van der Waals surface area contributed by atoms with Gasteiger partial charge in [0.15, 0.2) is 0 Å². The van der Waals surface area contributed by atoms with Gasteiger partial charge in [0.05, 0.1) is 16.0 Å². The second kappa shape index (κ2) is 3.66. The molecular weight excluding hydrogens is 196 g/mol. The van der Waals surface area contributed by atoms with Crippen molar-refractivity contribution in [2.45, 2.75) is 6.42 Å². The minimum Gasteiger partial charge on any atom is -0.342 e. The molecule has 1 heterocycles. The zero-order valence-corrected chi connectivity index (χ0v) is 7.93. The molecule has 0 amide bonds. The van der Waals surface area contributed by atoms with Crippen LogP contribution in [0.25, 0.3) is 11.0 Å². The van der Waals surface area contributed by atoms with Crippen LogP contribution in [-0.2, 0) is 6.42 Å². The molecule has 0 saturated carbocycles. The quantitative estimate of drug-likeness (QED) is 0.577. The number of rotatable bonds is 3. The highest BCUT2D eigenvalue weighted by molar-refractivity contribution is 5.77. The predicted molar refractivity (Wildman–Crippen MR) is 55.5 cm³/mol. The Balaban J connectivity index is 2.47. The Labute approximate surface area is 85.3 Å². The highest BCUT2D eigenvalue weighted by Gasteiger charge is 2.08. The summed E-state index contributed by atoms with van der Waals surface area (Å²) in [6.45, 7) is 0.502. The van der Waals surface area contributed by atoms with Crippen LogP contribution in [0.2, 0.25) is 0 Å². The lowest BCUT2D eigenvalue weighted by molar-refractivity contribution is -0.384. The topological polar surface area (TPSA) is 97.8 Å². The summed E-state index contributed by atoms with van der Waals surface area (Å²) in [4.78, 5) is 17.3. The van der Waals surface area contributed by atoms with Gasteiger partial charge in [0.2, 0.25) is 0 Å². The van der Waals surface area contributed by atoms with Crippen LogP contribution >= 0.6 is 0 Å². The Bertz CT molecular complexity index is 506. The molecule has 78 valence electrons. The first-order valence-corrected chi connectivity index (χ1v) is 4.54. The van der Waals surface area contributed by atoms with E-state index in [0.29, 0.717) is 18.5 Å². The van der Waals surface area contributed by atoms with Crippen molar-refractivity contribution in [1.82, 2.24) is 9.97 Å². The Morgan fingerprint density at radius 2 is 2.33 bits per heavy atom. The van der Waals surface area contributed by atoms with Crippen molar-refractivity contribution in [2.24, 2.45) is 5.73 Å². The maximum atomic E-state index is 10.5. The number of hydrogen-bond donors (Lipinski definition) is 2. The molecule has 0 aliphatic heterocycles. The van der Waals surface area contributed by atoms with E-state index < -0.39 is 4.92 Å². The van der Waals surface area contributed by atoms with Crippen molar-refractivity contribution in [3.63, 3.8) is 0 Å². The van der Waals surface area contributed by atoms with E-state index in [9.17, 15) is 10.1 Å². The number of non-ortho nitro benzene ring substituents is 1. The van der Waals surface area contributed by atoms with Gasteiger partial charge in [0.25, 0.3) is 5.69 Å². The van der Waals surface area contributed by atoms with Gasteiger partial charge in [0.1, 0.15) is 5.82 Å². The van der Waals surface area contributed by atoms with E-state index in [2.05, 4.69) is 9.97 Å². The zero-order valence-electron chi connectivity index (χ0n) is 7.93. The number of imidazole rings is 1. The lowest BCUT2D eigenvalue weighted by atomic mass is 10.3. The maximum absolute atomic E-state index is 10.5. The Morgan fingerprint density at radius 1 is 1.53 bits per heavy atom. The first-order chi connectivity index (χ1) is 7.20. The number of nitrogens with zero attached hydrogens (tertiary/aromatic N) is 2. The molecule has 0 bridgehead atoms. The van der Waals surface area contributed by atoms with E-state index in [1.165, 1.54) is 12.1 Å². The van der Waals surface area contributed by atoms with Crippen LogP contribution in [0.5, 0.6) is 0 Å². The van der Waals surface area contributed by atoms with Gasteiger partial charge < -0.3 is 10.7 Å². The number of nitrogens with two attached hydrogens (primary N) is 1. The summed E-state index contributed by atoms with van der Waals surface area (Å²) >= 11 is 0. The van der Waals surface area contributed by atoms with Crippen LogP contribution in [0.1, 0.15) is 5.82 Å². The Hall–Kier alpha value is -1.95. The van der Waals surface area contributed by atoms with E-state index in [-0.39, 0.29) is 5.69 Å². The van der Waals surface area contributed by atoms with E-state index in [1.54, 1.807) is 6.07 Å². The minimum atomic E-state index is -0.428. The average molecular weight is 206 g/mol. The molecule has 0 aliphatic carbocycles. The van der Waals surface area contributed by atoms with Gasteiger partial charge in [-0.3, -0.25) is 10.1 Å². The largest absolute Gasteiger partial charge is 0.342 e. The number of nitrogens with one attached hydrogen (secondary N) is 1. The summed E-state index contributed by atoms with van der Waals surface area (Å²) in [5, 5.41) is 10.5. The van der Waals surface area contributed by atoms with E-state index in [1.807, 2.05) is 0 Å². The molecule has 0 fully saturated rings. The lowest BCUT2D eigenvalue weighted by Gasteiger charge is -1.89. The first kappa shape index (κ1) is 9.60. The second-order valence-electron chi connectivity index (χ2n) is 3.18. The van der Waals surface area contributed by atoms with Crippen molar-refractivity contribution in [2.75, 3.05) is 6.54 Å². The maximum Gasteiger partial charge on any atom is 0.271 e. The summed E-state index contributed by atoms with van der Waals surface area (Å²) in [7, 11) is 0. The highest BCUT2D eigenvalue weighted by Crippen LogP contribution is 2.18. The van der Waals surface area contributed by atoms with E-state index >= 15 is 0 Å². The number of aromatic amines is 1. The molecule has 2 rings (SSSR count). The Morgan fingerprint density at radius 3 is 3.00 bits per heavy atom. The normalized spacial score (nSPS) is 10.7. The molecule has 6 nitrogen and oxygen atoms in total. The van der Waals surface area contributed by atoms with Gasteiger partial charge in [-0.25, -0.2) is 4.98 Å². The Kier molecular flexibility index (Phi) is 2.34. The van der Waals surface area contributed by atoms with Crippen LogP contribution in [0.4, 0.5) is 5.69 Å². The summed E-state index contributed by atoms with van der Waals surface area (Å²) in [6.07, 6.45) is 0.641. The third-order valence-electron chi connectivity index (χ3n) is 2.11. The van der Waals surface area contributed by atoms with Crippen molar-refractivity contribution >= 4 is 16.7 Å². The standard InChI is InChI=1S/C9H10N4O2/c10-4-3-9-11-7-2-1-6(13(14)15)5-8(7)12-9/h1-2,5H,3-4,10H2,(H,11,12). The van der Waals surface area contributed by atoms with E-state index in [0.717, 1.165) is 11.3 Å². The van der Waals surface area contributed by atoms with Crippen molar-refractivity contribution in [3.8, 4) is 0 Å². The van der Waals surface area contributed by atoms with Gasteiger partial charge in [-0.2, -0.15) is 0 Å². The predicted octanol–water partition coefficient (Wildman–Crippen LogP) is 0.972. The smallest absolute Gasteiger partial charge is 0.271 e. The number of nitro benzene ring substituents is 1. The number of aromatic nitrogens is 2. The SMILES string of the molecule is NCCc1nc2ccc([N+](=O)[O-])cc2[nH]1. The third-order valence-corrected chi connectivity index (χ3v) is 2.11. The van der Waals surface area contributed by atoms with Gasteiger partial charge in [-0.15, -0.1) is 0 Å². The summed E-state index contributed by atoms with van der Waals surface area (Å²) in [5.41, 5.74) is 6.85. The number of hydrogen-bond acceptors (Lipinski definition) is 4. The average Bonchev–Trinajstić information content (AvgIpc) is 2.59. The van der Waals surface area contributed by atoms with Crippen LogP contribution in [-0.4, -0.2) is 21.4 Å². The van der Waals surface area contributed by atoms with Gasteiger partial charge >= 0.3 is 0 Å². The molecule has 15 heavy (non-hydrogen) atoms. The van der Waals surface area contributed by atoms with Crippen molar-refractivity contribution < 1.29 is 4.92 Å². The molecule has 2 aromatic rings. The summed E-state index contributed by atoms with van der Waals surface area (Å²) < 4.78 is 0. The summed E-state index contributed by atoms with van der Waals surface area (Å²) in [5.74, 6) is 0.757. The van der Waals surface area contributed by atoms with Gasteiger partial charge in [0, 0.05) is 18.6 Å². The highest BCUT2D eigenvalue weighted by atomic mass is 16.6. The molecule has 0 radical (unpaired) electrons. The molecule has 0 aliphatic rings. The second-order valence-corrected chi connectivity index (χ2v) is 3.18. The summed E-state index contributed by atoms with van der Waals surface area (Å²) in [6, 6.07) is 4.54. The lowest BCUT2D eigenvalue weighted by Crippen LogP contribution is -2.03. The van der Waals surface area contributed by atoms with Gasteiger partial charge in [-0.05, 0) is 12.6 Å². The molecule has 0 saturated heterocycles. The minimum absolute atomic E-state index is 0.0606. The van der Waals surface area contributed by atoms with Crippen LogP contribution in [0, 0.1) is 10.1 Å². The molecule has 0 spiro atoms. The molecule has 0 atom stereocenters. The van der Waals surface area contributed by atoms with Crippen molar-refractivity contribution in [3.05, 3.63) is 34.1 Å². The fourth-order valence-corrected chi connectivity index (χ4v) is 1.42. The van der Waals surface area contributed by atoms with E-state index in [4.69, 9.17) is 5.73 Å². The van der Waals surface area contributed by atoms with Crippen LogP contribution < -0.4 is 5.73 Å². The molecule has 0 unspecified atom stereocenters. The molecule has 1 aromatic heterocycles. The molecule has 3 N–H and O–H groups in total. The number of H-pyrrole nitrogens is 1. The van der Waals surface area contributed by atoms with Crippen LogP contribution in [0.15, 0.2) is 18.2 Å². The fourth-order valence-electron chi connectivity index (χ4n) is 1.42. The number of nitro groups is 1. The zero-order chi connectivity index (χ0) is 10.8. The van der Waals surface area contributed by atoms with Crippen molar-refractivity contribution in [1.29, 1.82) is 0 Å². The number of fused-ring (bicyclic) bond motifs is 1. The van der Waals surface area contributed by atoms with Gasteiger partial charge in [-0.1, -0.05) is 0 Å². The molecule has 6 heteroatoms. The first-order valence-electron chi connectivity index (χ1n) is 4.54. The molecular formula is C9H10N4O2.